The summed E-state index contributed by atoms with van der Waals surface area (Å²) >= 11 is 0. The summed E-state index contributed by atoms with van der Waals surface area (Å²) in [7, 11) is 1.71. The predicted molar refractivity (Wildman–Crippen MR) is 71.2 cm³/mol. The molecule has 1 aromatic carbocycles. The third kappa shape index (κ3) is 2.97. The van der Waals surface area contributed by atoms with Crippen molar-refractivity contribution in [2.75, 3.05) is 13.7 Å². The molecular formula is C14H17N3O3. The minimum Gasteiger partial charge on any atom is -0.485 e. The van der Waals surface area contributed by atoms with Gasteiger partial charge >= 0.3 is 0 Å². The fraction of sp³-hybridized carbons (Fsp3) is 0.429. The number of nitrogens with zero attached hydrogens (tertiary/aromatic N) is 2. The molecule has 2 unspecified atom stereocenters. The second-order valence-electron chi connectivity index (χ2n) is 4.70. The Hall–Kier alpha value is -1.92. The zero-order chi connectivity index (χ0) is 13.8. The van der Waals surface area contributed by atoms with Crippen LogP contribution < -0.4 is 10.1 Å². The van der Waals surface area contributed by atoms with E-state index in [0.717, 1.165) is 18.7 Å². The van der Waals surface area contributed by atoms with Crippen LogP contribution >= 0.6 is 0 Å². The number of ether oxygens (including phenoxy) is 2. The molecule has 2 atom stereocenters. The summed E-state index contributed by atoms with van der Waals surface area (Å²) in [6.07, 6.45) is 1.05. The SMILES string of the molecule is COC1CNC(c2nc(COc3ccccc3)no2)C1. The van der Waals surface area contributed by atoms with Crippen LogP contribution in [0.1, 0.15) is 24.2 Å². The first-order valence-corrected chi connectivity index (χ1v) is 6.61. The predicted octanol–water partition coefficient (Wildman–Crippen LogP) is 1.70. The number of rotatable bonds is 5. The highest BCUT2D eigenvalue weighted by atomic mass is 16.5. The highest BCUT2D eigenvalue weighted by Crippen LogP contribution is 2.23. The Labute approximate surface area is 117 Å². The van der Waals surface area contributed by atoms with Crippen molar-refractivity contribution < 1.29 is 14.0 Å². The van der Waals surface area contributed by atoms with E-state index in [1.807, 2.05) is 30.3 Å². The molecule has 0 spiro atoms. The highest BCUT2D eigenvalue weighted by Gasteiger charge is 2.29. The van der Waals surface area contributed by atoms with Crippen molar-refractivity contribution in [1.29, 1.82) is 0 Å². The van der Waals surface area contributed by atoms with E-state index in [0.29, 0.717) is 18.3 Å². The first-order valence-electron chi connectivity index (χ1n) is 6.61. The maximum atomic E-state index is 5.58. The van der Waals surface area contributed by atoms with Crippen molar-refractivity contribution in [3.63, 3.8) is 0 Å². The summed E-state index contributed by atoms with van der Waals surface area (Å²) in [5, 5.41) is 7.23. The van der Waals surface area contributed by atoms with Crippen molar-refractivity contribution in [3.8, 4) is 5.75 Å². The average Bonchev–Trinajstić information content (AvgIpc) is 3.15. The first kappa shape index (κ1) is 13.1. The number of hydrogen-bond donors (Lipinski definition) is 1. The molecule has 3 rings (SSSR count). The normalized spacial score (nSPS) is 22.1. The molecule has 0 amide bonds. The second-order valence-corrected chi connectivity index (χ2v) is 4.70. The molecule has 20 heavy (non-hydrogen) atoms. The van der Waals surface area contributed by atoms with E-state index in [1.165, 1.54) is 0 Å². The molecule has 2 heterocycles. The molecule has 0 saturated carbocycles. The fourth-order valence-corrected chi connectivity index (χ4v) is 2.20. The van der Waals surface area contributed by atoms with Gasteiger partial charge in [0, 0.05) is 13.7 Å². The van der Waals surface area contributed by atoms with Gasteiger partial charge in [-0.15, -0.1) is 0 Å². The van der Waals surface area contributed by atoms with E-state index < -0.39 is 0 Å². The van der Waals surface area contributed by atoms with Gasteiger partial charge < -0.3 is 19.3 Å². The molecule has 6 nitrogen and oxygen atoms in total. The number of nitrogens with one attached hydrogen (secondary N) is 1. The molecule has 0 bridgehead atoms. The molecule has 1 aliphatic heterocycles. The maximum absolute atomic E-state index is 5.58. The zero-order valence-electron chi connectivity index (χ0n) is 11.3. The van der Waals surface area contributed by atoms with Gasteiger partial charge in [0.2, 0.25) is 11.7 Å². The summed E-state index contributed by atoms with van der Waals surface area (Å²) in [4.78, 5) is 4.36. The van der Waals surface area contributed by atoms with Crippen molar-refractivity contribution in [2.45, 2.75) is 25.2 Å². The Morgan fingerprint density at radius 3 is 2.95 bits per heavy atom. The molecule has 1 saturated heterocycles. The quantitative estimate of drug-likeness (QED) is 0.895. The Kier molecular flexibility index (Phi) is 3.94. The van der Waals surface area contributed by atoms with Gasteiger partial charge in [0.05, 0.1) is 12.1 Å². The van der Waals surface area contributed by atoms with Crippen LogP contribution in [0.5, 0.6) is 5.75 Å². The Morgan fingerprint density at radius 1 is 1.35 bits per heavy atom. The standard InChI is InChI=1S/C14H17N3O3/c1-18-11-7-12(15-8-11)14-16-13(17-20-14)9-19-10-5-3-2-4-6-10/h2-6,11-12,15H,7-9H2,1H3. The molecule has 2 aromatic rings. The van der Waals surface area contributed by atoms with Crippen molar-refractivity contribution in [3.05, 3.63) is 42.0 Å². The highest BCUT2D eigenvalue weighted by molar-refractivity contribution is 5.20. The lowest BCUT2D eigenvalue weighted by atomic mass is 10.2. The number of benzene rings is 1. The molecule has 0 radical (unpaired) electrons. The largest absolute Gasteiger partial charge is 0.485 e. The van der Waals surface area contributed by atoms with Gasteiger partial charge in [-0.2, -0.15) is 4.98 Å². The van der Waals surface area contributed by atoms with Crippen LogP contribution in [0.15, 0.2) is 34.9 Å². The number of para-hydroxylation sites is 1. The van der Waals surface area contributed by atoms with Crippen molar-refractivity contribution in [1.82, 2.24) is 15.5 Å². The van der Waals surface area contributed by atoms with E-state index in [4.69, 9.17) is 14.0 Å². The maximum Gasteiger partial charge on any atom is 0.244 e. The van der Waals surface area contributed by atoms with E-state index in [1.54, 1.807) is 7.11 Å². The van der Waals surface area contributed by atoms with Gasteiger partial charge in [0.25, 0.3) is 0 Å². The first-order chi connectivity index (χ1) is 9.85. The lowest BCUT2D eigenvalue weighted by Crippen LogP contribution is -2.16. The summed E-state index contributed by atoms with van der Waals surface area (Å²) in [5.74, 6) is 1.93. The van der Waals surface area contributed by atoms with Gasteiger partial charge in [-0.3, -0.25) is 0 Å². The lowest BCUT2D eigenvalue weighted by molar-refractivity contribution is 0.116. The summed E-state index contributed by atoms with van der Waals surface area (Å²) in [6, 6.07) is 9.63. The summed E-state index contributed by atoms with van der Waals surface area (Å²) in [6.45, 7) is 1.10. The van der Waals surface area contributed by atoms with Crippen LogP contribution in [0.4, 0.5) is 0 Å². The van der Waals surface area contributed by atoms with Crippen molar-refractivity contribution >= 4 is 0 Å². The Bertz CT molecular complexity index is 544. The molecule has 6 heteroatoms. The summed E-state index contributed by atoms with van der Waals surface area (Å²) in [5.41, 5.74) is 0. The van der Waals surface area contributed by atoms with E-state index >= 15 is 0 Å². The molecule has 1 aliphatic rings. The number of methoxy groups -OCH3 is 1. The second kappa shape index (κ2) is 6.02. The summed E-state index contributed by atoms with van der Waals surface area (Å²) < 4.78 is 16.1. The number of hydrogen-bond acceptors (Lipinski definition) is 6. The van der Waals surface area contributed by atoms with E-state index in [2.05, 4.69) is 15.5 Å². The monoisotopic (exact) mass is 275 g/mol. The van der Waals surface area contributed by atoms with E-state index in [-0.39, 0.29) is 12.1 Å². The minimum absolute atomic E-state index is 0.0675. The topological polar surface area (TPSA) is 69.4 Å². The van der Waals surface area contributed by atoms with Gasteiger partial charge in [0.15, 0.2) is 6.61 Å². The van der Waals surface area contributed by atoms with Crippen LogP contribution in [0.2, 0.25) is 0 Å². The molecular weight excluding hydrogens is 258 g/mol. The van der Waals surface area contributed by atoms with E-state index in [9.17, 15) is 0 Å². The third-order valence-corrected chi connectivity index (χ3v) is 3.32. The molecule has 1 fully saturated rings. The van der Waals surface area contributed by atoms with Crippen LogP contribution in [-0.4, -0.2) is 29.9 Å². The zero-order valence-corrected chi connectivity index (χ0v) is 11.3. The Morgan fingerprint density at radius 2 is 2.20 bits per heavy atom. The molecule has 106 valence electrons. The van der Waals surface area contributed by atoms with Crippen LogP contribution in [0.3, 0.4) is 0 Å². The lowest BCUT2D eigenvalue weighted by Gasteiger charge is -2.04. The van der Waals surface area contributed by atoms with Gasteiger partial charge in [0.1, 0.15) is 5.75 Å². The van der Waals surface area contributed by atoms with Crippen LogP contribution in [0, 0.1) is 0 Å². The molecule has 1 aromatic heterocycles. The van der Waals surface area contributed by atoms with Crippen molar-refractivity contribution in [2.24, 2.45) is 0 Å². The minimum atomic E-state index is 0.0675. The fourth-order valence-electron chi connectivity index (χ4n) is 2.20. The smallest absolute Gasteiger partial charge is 0.244 e. The van der Waals surface area contributed by atoms with Crippen LogP contribution in [0.25, 0.3) is 0 Å². The third-order valence-electron chi connectivity index (χ3n) is 3.32. The molecule has 0 aliphatic carbocycles. The molecule has 1 N–H and O–H groups in total. The van der Waals surface area contributed by atoms with Gasteiger partial charge in [-0.05, 0) is 18.6 Å². The Balaban J connectivity index is 1.57. The average molecular weight is 275 g/mol. The number of aromatic nitrogens is 2. The van der Waals surface area contributed by atoms with Crippen LogP contribution in [-0.2, 0) is 11.3 Å². The van der Waals surface area contributed by atoms with Gasteiger partial charge in [-0.25, -0.2) is 0 Å². The van der Waals surface area contributed by atoms with Gasteiger partial charge in [-0.1, -0.05) is 23.4 Å².